The fourth-order valence-corrected chi connectivity index (χ4v) is 4.86. The molecule has 0 atom stereocenters. The largest absolute Gasteiger partial charge is 0.360 e. The quantitative estimate of drug-likeness (QED) is 0.608. The fourth-order valence-electron chi connectivity index (χ4n) is 2.66. The van der Waals surface area contributed by atoms with Crippen molar-refractivity contribution < 1.29 is 17.7 Å². The Morgan fingerprint density at radius 3 is 2.57 bits per heavy atom. The first-order valence-electron chi connectivity index (χ1n) is 7.21. The van der Waals surface area contributed by atoms with Crippen LogP contribution in [0.15, 0.2) is 32.6 Å². The SMILES string of the molecule is CSc1c(S(C)(=O)=O)ccc(C(=O)c2cnoc2C2CC2)c1C. The third-order valence-corrected chi connectivity index (χ3v) is 6.21. The van der Waals surface area contributed by atoms with Crippen LogP contribution in [-0.2, 0) is 9.84 Å². The number of nitrogens with zero attached hydrogens (tertiary/aromatic N) is 1. The van der Waals surface area contributed by atoms with Gasteiger partial charge in [-0.25, -0.2) is 8.42 Å². The molecule has 1 aliphatic carbocycles. The third kappa shape index (κ3) is 2.95. The lowest BCUT2D eigenvalue weighted by atomic mass is 9.98. The number of benzene rings is 1. The number of hydrogen-bond donors (Lipinski definition) is 0. The first-order chi connectivity index (χ1) is 10.8. The van der Waals surface area contributed by atoms with E-state index in [2.05, 4.69) is 5.16 Å². The van der Waals surface area contributed by atoms with E-state index in [-0.39, 0.29) is 16.6 Å². The first-order valence-corrected chi connectivity index (χ1v) is 10.3. The van der Waals surface area contributed by atoms with Crippen LogP contribution in [0.5, 0.6) is 0 Å². The molecule has 7 heteroatoms. The van der Waals surface area contributed by atoms with Gasteiger partial charge in [-0.3, -0.25) is 4.79 Å². The van der Waals surface area contributed by atoms with Crippen molar-refractivity contribution in [1.82, 2.24) is 5.16 Å². The van der Waals surface area contributed by atoms with Gasteiger partial charge in [0.15, 0.2) is 21.4 Å². The van der Waals surface area contributed by atoms with Crippen molar-refractivity contribution in [3.05, 3.63) is 40.8 Å². The molecule has 122 valence electrons. The van der Waals surface area contributed by atoms with Crippen LogP contribution >= 0.6 is 11.8 Å². The Hall–Kier alpha value is -1.60. The lowest BCUT2D eigenvalue weighted by Gasteiger charge is -2.13. The molecular formula is C16H17NO4S2. The predicted molar refractivity (Wildman–Crippen MR) is 88.0 cm³/mol. The van der Waals surface area contributed by atoms with Crippen molar-refractivity contribution >= 4 is 27.4 Å². The molecular weight excluding hydrogens is 334 g/mol. The molecule has 3 rings (SSSR count). The summed E-state index contributed by atoms with van der Waals surface area (Å²) in [5.74, 6) is 0.764. The summed E-state index contributed by atoms with van der Waals surface area (Å²) in [5.41, 5.74) is 1.65. The second kappa shape index (κ2) is 5.79. The minimum absolute atomic E-state index is 0.166. The maximum absolute atomic E-state index is 12.9. The fraction of sp³-hybridized carbons (Fsp3) is 0.375. The van der Waals surface area contributed by atoms with Gasteiger partial charge in [-0.1, -0.05) is 5.16 Å². The van der Waals surface area contributed by atoms with E-state index in [9.17, 15) is 13.2 Å². The molecule has 1 aromatic heterocycles. The van der Waals surface area contributed by atoms with E-state index >= 15 is 0 Å². The molecule has 1 fully saturated rings. The summed E-state index contributed by atoms with van der Waals surface area (Å²) in [7, 11) is -3.34. The summed E-state index contributed by atoms with van der Waals surface area (Å²) in [5, 5.41) is 3.76. The van der Waals surface area contributed by atoms with Gasteiger partial charge in [0.05, 0.1) is 16.7 Å². The molecule has 0 N–H and O–H groups in total. The molecule has 2 aromatic rings. The summed E-state index contributed by atoms with van der Waals surface area (Å²) >= 11 is 1.33. The van der Waals surface area contributed by atoms with Crippen molar-refractivity contribution in [2.45, 2.75) is 35.5 Å². The molecule has 5 nitrogen and oxygen atoms in total. The van der Waals surface area contributed by atoms with Crippen molar-refractivity contribution in [3.8, 4) is 0 Å². The highest BCUT2D eigenvalue weighted by atomic mass is 32.2. The highest BCUT2D eigenvalue weighted by Crippen LogP contribution is 2.42. The highest BCUT2D eigenvalue weighted by Gasteiger charge is 2.33. The second-order valence-electron chi connectivity index (χ2n) is 5.75. The van der Waals surface area contributed by atoms with E-state index in [1.165, 1.54) is 30.3 Å². The van der Waals surface area contributed by atoms with Gasteiger partial charge in [0.1, 0.15) is 0 Å². The molecule has 23 heavy (non-hydrogen) atoms. The van der Waals surface area contributed by atoms with Gasteiger partial charge in [-0.2, -0.15) is 0 Å². The second-order valence-corrected chi connectivity index (χ2v) is 8.55. The molecule has 0 bridgehead atoms. The zero-order valence-corrected chi connectivity index (χ0v) is 14.8. The Labute approximate surface area is 139 Å². The van der Waals surface area contributed by atoms with Gasteiger partial charge in [0.25, 0.3) is 0 Å². The van der Waals surface area contributed by atoms with Gasteiger partial charge in [0.2, 0.25) is 0 Å². The Bertz CT molecular complexity index is 879. The maximum atomic E-state index is 12.9. The zero-order chi connectivity index (χ0) is 16.8. The van der Waals surface area contributed by atoms with Crippen molar-refractivity contribution in [2.75, 3.05) is 12.5 Å². The van der Waals surface area contributed by atoms with Crippen LogP contribution < -0.4 is 0 Å². The van der Waals surface area contributed by atoms with E-state index in [0.29, 0.717) is 27.3 Å². The molecule has 0 amide bonds. The number of hydrogen-bond acceptors (Lipinski definition) is 6. The molecule has 0 saturated heterocycles. The average molecular weight is 351 g/mol. The van der Waals surface area contributed by atoms with E-state index in [4.69, 9.17) is 4.52 Å². The molecule has 0 spiro atoms. The number of carbonyl (C=O) groups is 1. The maximum Gasteiger partial charge on any atom is 0.198 e. The normalized spacial score (nSPS) is 14.9. The summed E-state index contributed by atoms with van der Waals surface area (Å²) < 4.78 is 29.0. The molecule has 0 aliphatic heterocycles. The van der Waals surface area contributed by atoms with Crippen LogP contribution in [0.2, 0.25) is 0 Å². The number of aromatic nitrogens is 1. The number of ketones is 1. The van der Waals surface area contributed by atoms with Crippen molar-refractivity contribution in [3.63, 3.8) is 0 Å². The van der Waals surface area contributed by atoms with Gasteiger partial charge in [-0.15, -0.1) is 11.8 Å². The van der Waals surface area contributed by atoms with E-state index < -0.39 is 9.84 Å². The summed E-state index contributed by atoms with van der Waals surface area (Å²) in [6.07, 6.45) is 6.46. The van der Waals surface area contributed by atoms with E-state index in [1.54, 1.807) is 19.2 Å². The molecule has 1 aliphatic rings. The van der Waals surface area contributed by atoms with Crippen molar-refractivity contribution in [1.29, 1.82) is 0 Å². The lowest BCUT2D eigenvalue weighted by Crippen LogP contribution is -2.09. The third-order valence-electron chi connectivity index (χ3n) is 4.01. The number of rotatable bonds is 5. The van der Waals surface area contributed by atoms with Gasteiger partial charge in [-0.05, 0) is 43.7 Å². The Morgan fingerprint density at radius 1 is 1.30 bits per heavy atom. The number of thioether (sulfide) groups is 1. The van der Waals surface area contributed by atoms with E-state index in [1.807, 2.05) is 0 Å². The van der Waals surface area contributed by atoms with E-state index in [0.717, 1.165) is 12.8 Å². The molecule has 1 aromatic carbocycles. The monoisotopic (exact) mass is 351 g/mol. The smallest absolute Gasteiger partial charge is 0.198 e. The van der Waals surface area contributed by atoms with Crippen LogP contribution in [0.25, 0.3) is 0 Å². The van der Waals surface area contributed by atoms with Crippen LogP contribution in [0, 0.1) is 6.92 Å². The topological polar surface area (TPSA) is 77.2 Å². The van der Waals surface area contributed by atoms with Crippen LogP contribution in [-0.4, -0.2) is 31.9 Å². The van der Waals surface area contributed by atoms with Gasteiger partial charge in [0, 0.05) is 22.6 Å². The Morgan fingerprint density at radius 2 is 2.00 bits per heavy atom. The summed E-state index contributed by atoms with van der Waals surface area (Å²) in [6.45, 7) is 1.78. The number of sulfone groups is 1. The molecule has 0 unspecified atom stereocenters. The zero-order valence-electron chi connectivity index (χ0n) is 13.1. The number of carbonyl (C=O) groups excluding carboxylic acids is 1. The molecule has 0 radical (unpaired) electrons. The Balaban J connectivity index is 2.10. The molecule has 1 saturated carbocycles. The van der Waals surface area contributed by atoms with Gasteiger partial charge < -0.3 is 4.52 Å². The minimum atomic E-state index is -3.34. The summed E-state index contributed by atoms with van der Waals surface area (Å²) in [6, 6.07) is 3.09. The standard InChI is InChI=1S/C16H17NO4S2/c1-9-11(6-7-13(16(9)22-2)23(3,19)20)14(18)12-8-17-21-15(12)10-4-5-10/h6-8,10H,4-5H2,1-3H3. The van der Waals surface area contributed by atoms with Crippen molar-refractivity contribution in [2.24, 2.45) is 0 Å². The minimum Gasteiger partial charge on any atom is -0.360 e. The Kier molecular flexibility index (Phi) is 4.10. The highest BCUT2D eigenvalue weighted by molar-refractivity contribution is 7.99. The predicted octanol–water partition coefficient (Wildman–Crippen LogP) is 3.22. The molecule has 1 heterocycles. The first kappa shape index (κ1) is 16.3. The summed E-state index contributed by atoms with van der Waals surface area (Å²) in [4.78, 5) is 13.7. The lowest BCUT2D eigenvalue weighted by molar-refractivity contribution is 0.103. The van der Waals surface area contributed by atoms with Crippen LogP contribution in [0.1, 0.15) is 46.0 Å². The average Bonchev–Trinajstić information content (AvgIpc) is 3.22. The van der Waals surface area contributed by atoms with Crippen LogP contribution in [0.4, 0.5) is 0 Å². The van der Waals surface area contributed by atoms with Gasteiger partial charge >= 0.3 is 0 Å². The van der Waals surface area contributed by atoms with Crippen LogP contribution in [0.3, 0.4) is 0 Å².